The molecule has 0 amide bonds. The second-order valence-corrected chi connectivity index (χ2v) is 5.88. The third kappa shape index (κ3) is 1.82. The molecule has 4 nitrogen and oxygen atoms in total. The number of halogens is 1. The Morgan fingerprint density at radius 1 is 1.43 bits per heavy atom. The van der Waals surface area contributed by atoms with Gasteiger partial charge in [-0.1, -0.05) is 11.6 Å². The summed E-state index contributed by atoms with van der Waals surface area (Å²) in [5.74, 6) is 0. The van der Waals surface area contributed by atoms with Crippen molar-refractivity contribution in [1.29, 1.82) is 0 Å². The maximum atomic E-state index is 10.9. The predicted molar refractivity (Wildman–Crippen MR) is 56.3 cm³/mol. The number of aromatic nitrogens is 1. The van der Waals surface area contributed by atoms with Crippen LogP contribution in [0, 0.1) is 0 Å². The Bertz CT molecular complexity index is 535. The van der Waals surface area contributed by atoms with Crippen LogP contribution in [0.4, 0.5) is 0 Å². The Morgan fingerprint density at radius 2 is 2.14 bits per heavy atom. The van der Waals surface area contributed by atoms with Crippen LogP contribution in [-0.4, -0.2) is 14.8 Å². The van der Waals surface area contributed by atoms with Gasteiger partial charge in [-0.05, 0) is 18.2 Å². The van der Waals surface area contributed by atoms with Gasteiger partial charge in [0.2, 0.25) is 0 Å². The molecule has 0 unspecified atom stereocenters. The van der Waals surface area contributed by atoms with E-state index in [0.717, 1.165) is 0 Å². The summed E-state index contributed by atoms with van der Waals surface area (Å²) >= 11 is 6.86. The first-order valence-corrected chi connectivity index (χ1v) is 6.40. The molecule has 0 aliphatic rings. The second-order valence-electron chi connectivity index (χ2n) is 2.66. The van der Waals surface area contributed by atoms with Crippen LogP contribution >= 0.6 is 30.5 Å². The molecule has 0 aliphatic heterocycles. The number of benzene rings is 1. The normalized spacial score (nSPS) is 12.2. The molecule has 0 aliphatic carbocycles. The Hall–Kier alpha value is -0.450. The first-order chi connectivity index (χ1) is 6.47. The van der Waals surface area contributed by atoms with Crippen molar-refractivity contribution < 1.29 is 14.4 Å². The van der Waals surface area contributed by atoms with Gasteiger partial charge in [0.05, 0.1) is 15.5 Å². The molecule has 74 valence electrons. The van der Waals surface area contributed by atoms with Gasteiger partial charge in [0.1, 0.15) is 0 Å². The van der Waals surface area contributed by atoms with E-state index in [2.05, 4.69) is 4.98 Å². The van der Waals surface area contributed by atoms with Gasteiger partial charge in [0, 0.05) is 0 Å². The fourth-order valence-electron chi connectivity index (χ4n) is 1.07. The van der Waals surface area contributed by atoms with E-state index in [-0.39, 0.29) is 5.30 Å². The van der Waals surface area contributed by atoms with Crippen molar-refractivity contribution in [1.82, 2.24) is 4.98 Å². The van der Waals surface area contributed by atoms with Crippen molar-refractivity contribution in [3.63, 3.8) is 0 Å². The quantitative estimate of drug-likeness (QED) is 0.756. The molecule has 1 aromatic carbocycles. The van der Waals surface area contributed by atoms with Gasteiger partial charge in [0.25, 0.3) is 0 Å². The van der Waals surface area contributed by atoms with E-state index >= 15 is 0 Å². The average molecular weight is 250 g/mol. The maximum Gasteiger partial charge on any atom is 0.356 e. The van der Waals surface area contributed by atoms with E-state index in [0.29, 0.717) is 14.7 Å². The highest BCUT2D eigenvalue weighted by molar-refractivity contribution is 7.60. The summed E-state index contributed by atoms with van der Waals surface area (Å²) in [6.45, 7) is 0. The van der Waals surface area contributed by atoms with Crippen molar-refractivity contribution in [2.24, 2.45) is 0 Å². The topological polar surface area (TPSA) is 70.4 Å². The van der Waals surface area contributed by atoms with E-state index in [9.17, 15) is 4.57 Å². The number of fused-ring (bicyclic) bond motifs is 1. The van der Waals surface area contributed by atoms with E-state index in [1.807, 2.05) is 0 Å². The van der Waals surface area contributed by atoms with Crippen LogP contribution < -0.4 is 5.30 Å². The van der Waals surface area contributed by atoms with Crippen LogP contribution in [0.2, 0.25) is 4.47 Å². The van der Waals surface area contributed by atoms with E-state index in [1.54, 1.807) is 6.07 Å². The van der Waals surface area contributed by atoms with Crippen molar-refractivity contribution in [2.75, 3.05) is 0 Å². The third-order valence-electron chi connectivity index (χ3n) is 1.68. The lowest BCUT2D eigenvalue weighted by molar-refractivity contribution is 0.387. The lowest BCUT2D eigenvalue weighted by Crippen LogP contribution is -2.01. The molecule has 0 spiro atoms. The smallest absolute Gasteiger partial charge is 0.321 e. The summed E-state index contributed by atoms with van der Waals surface area (Å²) in [6, 6.07) is 4.32. The Kier molecular flexibility index (Phi) is 2.37. The molecule has 2 rings (SSSR count). The zero-order valence-corrected chi connectivity index (χ0v) is 9.18. The van der Waals surface area contributed by atoms with Gasteiger partial charge >= 0.3 is 7.60 Å². The number of rotatable bonds is 1. The van der Waals surface area contributed by atoms with Gasteiger partial charge in [-0.3, -0.25) is 4.57 Å². The van der Waals surface area contributed by atoms with Gasteiger partial charge in [-0.15, -0.1) is 11.3 Å². The average Bonchev–Trinajstić information content (AvgIpc) is 2.41. The molecule has 0 radical (unpaired) electrons. The summed E-state index contributed by atoms with van der Waals surface area (Å²) in [7, 11) is -4.18. The zero-order chi connectivity index (χ0) is 10.3. The molecule has 14 heavy (non-hydrogen) atoms. The van der Waals surface area contributed by atoms with Gasteiger partial charge in [-0.2, -0.15) is 0 Å². The van der Waals surface area contributed by atoms with Crippen LogP contribution in [0.5, 0.6) is 0 Å². The number of thiazole rings is 1. The predicted octanol–water partition coefficient (Wildman–Crippen LogP) is 1.75. The molecular formula is C7H5ClNO3PS. The highest BCUT2D eigenvalue weighted by Crippen LogP contribution is 2.35. The number of nitrogens with zero attached hydrogens (tertiary/aromatic N) is 1. The summed E-state index contributed by atoms with van der Waals surface area (Å²) in [6.07, 6.45) is 0. The molecule has 0 saturated heterocycles. The Balaban J connectivity index is 2.67. The molecule has 0 fully saturated rings. The third-order valence-corrected chi connectivity index (χ3v) is 3.76. The SMILES string of the molecule is O=P(O)(O)c1ccc2nc(Cl)sc2c1. The molecule has 1 heterocycles. The molecular weight excluding hydrogens is 245 g/mol. The van der Waals surface area contributed by atoms with Gasteiger partial charge < -0.3 is 9.79 Å². The van der Waals surface area contributed by atoms with E-state index in [1.165, 1.54) is 23.5 Å². The number of hydrogen-bond acceptors (Lipinski definition) is 3. The lowest BCUT2D eigenvalue weighted by Gasteiger charge is -2.02. The van der Waals surface area contributed by atoms with Crippen LogP contribution in [0.3, 0.4) is 0 Å². The van der Waals surface area contributed by atoms with Crippen molar-refractivity contribution in [2.45, 2.75) is 0 Å². The summed E-state index contributed by atoms with van der Waals surface area (Å²) in [4.78, 5) is 21.8. The fraction of sp³-hybridized carbons (Fsp3) is 0. The van der Waals surface area contributed by atoms with Crippen LogP contribution in [0.1, 0.15) is 0 Å². The van der Waals surface area contributed by atoms with E-state index < -0.39 is 7.60 Å². The van der Waals surface area contributed by atoms with Crippen molar-refractivity contribution in [3.8, 4) is 0 Å². The molecule has 0 bridgehead atoms. The van der Waals surface area contributed by atoms with Crippen LogP contribution in [0.15, 0.2) is 18.2 Å². The first kappa shape index (κ1) is 10.1. The Morgan fingerprint density at radius 3 is 2.79 bits per heavy atom. The fourth-order valence-corrected chi connectivity index (χ4v) is 2.79. The Labute approximate surface area is 88.3 Å². The molecule has 2 aromatic rings. The minimum Gasteiger partial charge on any atom is -0.321 e. The monoisotopic (exact) mass is 249 g/mol. The minimum atomic E-state index is -4.18. The minimum absolute atomic E-state index is 0.00897. The largest absolute Gasteiger partial charge is 0.356 e. The van der Waals surface area contributed by atoms with Gasteiger partial charge in [-0.25, -0.2) is 4.98 Å². The zero-order valence-electron chi connectivity index (χ0n) is 6.72. The van der Waals surface area contributed by atoms with E-state index in [4.69, 9.17) is 21.4 Å². The summed E-state index contributed by atoms with van der Waals surface area (Å²) in [5, 5.41) is -0.00897. The summed E-state index contributed by atoms with van der Waals surface area (Å²) < 4.78 is 12.0. The first-order valence-electron chi connectivity index (χ1n) is 3.59. The standard InChI is InChI=1S/C7H5ClNO3PS/c8-7-9-5-2-1-4(13(10,11)12)3-6(5)14-7/h1-3H,(H2,10,11,12). The van der Waals surface area contributed by atoms with Crippen molar-refractivity contribution >= 4 is 46.1 Å². The highest BCUT2D eigenvalue weighted by atomic mass is 35.5. The summed E-state index contributed by atoms with van der Waals surface area (Å²) in [5.41, 5.74) is 0.650. The maximum absolute atomic E-state index is 10.9. The van der Waals surface area contributed by atoms with Crippen LogP contribution in [0.25, 0.3) is 10.2 Å². The molecule has 7 heteroatoms. The molecule has 2 N–H and O–H groups in total. The van der Waals surface area contributed by atoms with Crippen LogP contribution in [-0.2, 0) is 4.57 Å². The van der Waals surface area contributed by atoms with Crippen molar-refractivity contribution in [3.05, 3.63) is 22.7 Å². The number of hydrogen-bond donors (Lipinski definition) is 2. The molecule has 1 aromatic heterocycles. The second kappa shape index (κ2) is 3.29. The molecule has 0 saturated carbocycles. The van der Waals surface area contributed by atoms with Gasteiger partial charge in [0.15, 0.2) is 4.47 Å². The lowest BCUT2D eigenvalue weighted by atomic mass is 10.3. The highest BCUT2D eigenvalue weighted by Gasteiger charge is 2.17. The molecule has 0 atom stereocenters.